The van der Waals surface area contributed by atoms with Gasteiger partial charge in [-0.15, -0.1) is 0 Å². The minimum absolute atomic E-state index is 0.145. The smallest absolute Gasteiger partial charge is 0.465 e. The lowest BCUT2D eigenvalue weighted by Crippen LogP contribution is -2.41. The lowest BCUT2D eigenvalue weighted by atomic mass is 9.75. The van der Waals surface area contributed by atoms with E-state index in [1.54, 1.807) is 18.2 Å². The summed E-state index contributed by atoms with van der Waals surface area (Å²) < 4.78 is 24.3. The average molecular weight is 495 g/mol. The molecule has 3 heterocycles. The Bertz CT molecular complexity index is 1200. The number of nitrogens with one attached hydrogen (secondary N) is 1. The highest BCUT2D eigenvalue weighted by atomic mass is 16.7. The highest BCUT2D eigenvalue weighted by Crippen LogP contribution is 2.37. The van der Waals surface area contributed by atoms with E-state index in [1.807, 2.05) is 27.7 Å². The van der Waals surface area contributed by atoms with Gasteiger partial charge in [0.1, 0.15) is 5.56 Å². The Morgan fingerprint density at radius 2 is 1.94 bits per heavy atom. The fourth-order valence-corrected chi connectivity index (χ4v) is 4.20. The number of rotatable bonds is 6. The van der Waals surface area contributed by atoms with Crippen molar-refractivity contribution >= 4 is 36.0 Å². The molecule has 4 rings (SSSR count). The first-order chi connectivity index (χ1) is 17.0. The maximum Gasteiger partial charge on any atom is 0.495 e. The molecule has 190 valence electrons. The maximum absolute atomic E-state index is 12.7. The molecule has 1 aromatic carbocycles. The summed E-state index contributed by atoms with van der Waals surface area (Å²) in [7, 11) is 0.522. The number of esters is 1. The van der Waals surface area contributed by atoms with E-state index in [9.17, 15) is 14.9 Å². The van der Waals surface area contributed by atoms with Crippen molar-refractivity contribution in [2.75, 3.05) is 25.6 Å². The molecular weight excluding hydrogens is 465 g/mol. The molecule has 0 aliphatic carbocycles. The predicted molar refractivity (Wildman–Crippen MR) is 131 cm³/mol. The van der Waals surface area contributed by atoms with Crippen LogP contribution in [0.4, 0.5) is 11.5 Å². The van der Waals surface area contributed by atoms with Crippen molar-refractivity contribution in [3.05, 3.63) is 35.5 Å². The van der Waals surface area contributed by atoms with Gasteiger partial charge in [-0.2, -0.15) is 10.4 Å². The van der Waals surface area contributed by atoms with Crippen LogP contribution in [0.3, 0.4) is 0 Å². The molecule has 0 unspecified atom stereocenters. The van der Waals surface area contributed by atoms with E-state index in [0.29, 0.717) is 30.8 Å². The standard InChI is InChI=1S/C24H30BN5O6/c1-23(2)24(3,4)36-25(35-23)18-7-6-15(10-16(18)22(32)33-5)28-21-17(20(27)31)12-30(29-21)19-13-34-9-8-14(19)11-26/h6-7,10,12,14,19H,8-9,13H2,1-5H3,(H2,27,31)(H,28,29)/t14-,19+/m0/s1. The lowest BCUT2D eigenvalue weighted by molar-refractivity contribution is 0.00578. The normalized spacial score (nSPS) is 22.6. The summed E-state index contributed by atoms with van der Waals surface area (Å²) in [6.07, 6.45) is 2.08. The van der Waals surface area contributed by atoms with Crippen molar-refractivity contribution in [3.8, 4) is 6.07 Å². The van der Waals surface area contributed by atoms with Gasteiger partial charge < -0.3 is 29.8 Å². The fourth-order valence-electron chi connectivity index (χ4n) is 4.20. The van der Waals surface area contributed by atoms with Gasteiger partial charge in [0.15, 0.2) is 5.82 Å². The molecule has 36 heavy (non-hydrogen) atoms. The van der Waals surface area contributed by atoms with Crippen LogP contribution in [0.2, 0.25) is 0 Å². The van der Waals surface area contributed by atoms with Gasteiger partial charge >= 0.3 is 13.1 Å². The van der Waals surface area contributed by atoms with Crippen LogP contribution in [0.1, 0.15) is 60.9 Å². The minimum Gasteiger partial charge on any atom is -0.465 e. The van der Waals surface area contributed by atoms with Crippen LogP contribution in [0.5, 0.6) is 0 Å². The number of aromatic nitrogens is 2. The third-order valence-electron chi connectivity index (χ3n) is 7.06. The number of ether oxygens (including phenoxy) is 2. The molecule has 1 aromatic heterocycles. The topological polar surface area (TPSA) is 151 Å². The predicted octanol–water partition coefficient (Wildman–Crippen LogP) is 1.91. The van der Waals surface area contributed by atoms with Crippen molar-refractivity contribution < 1.29 is 28.4 Å². The van der Waals surface area contributed by atoms with E-state index in [0.717, 1.165) is 0 Å². The summed E-state index contributed by atoms with van der Waals surface area (Å²) in [5.41, 5.74) is 5.80. The first-order valence-electron chi connectivity index (χ1n) is 11.7. The van der Waals surface area contributed by atoms with Crippen LogP contribution in [0.25, 0.3) is 0 Å². The molecular formula is C24H30BN5O6. The largest absolute Gasteiger partial charge is 0.495 e. The maximum atomic E-state index is 12.7. The lowest BCUT2D eigenvalue weighted by Gasteiger charge is -2.32. The van der Waals surface area contributed by atoms with E-state index in [1.165, 1.54) is 18.0 Å². The molecule has 2 aliphatic heterocycles. The van der Waals surface area contributed by atoms with Crippen molar-refractivity contribution in [3.63, 3.8) is 0 Å². The van der Waals surface area contributed by atoms with E-state index in [-0.39, 0.29) is 28.9 Å². The van der Waals surface area contributed by atoms with Gasteiger partial charge in [-0.05, 0) is 51.7 Å². The third kappa shape index (κ3) is 4.69. The summed E-state index contributed by atoms with van der Waals surface area (Å²) in [6, 6.07) is 6.93. The van der Waals surface area contributed by atoms with Crippen LogP contribution in [-0.4, -0.2) is 60.3 Å². The molecule has 2 atom stereocenters. The Balaban J connectivity index is 1.67. The van der Waals surface area contributed by atoms with Gasteiger partial charge in [-0.25, -0.2) is 4.79 Å². The van der Waals surface area contributed by atoms with Crippen molar-refractivity contribution in [1.82, 2.24) is 9.78 Å². The number of benzene rings is 1. The summed E-state index contributed by atoms with van der Waals surface area (Å²) in [5, 5.41) is 17.1. The Hall–Kier alpha value is -3.40. The second-order valence-corrected chi connectivity index (χ2v) is 9.91. The molecule has 0 saturated carbocycles. The number of amides is 1. The van der Waals surface area contributed by atoms with Gasteiger partial charge in [-0.3, -0.25) is 9.48 Å². The first-order valence-corrected chi connectivity index (χ1v) is 11.7. The van der Waals surface area contributed by atoms with Crippen LogP contribution >= 0.6 is 0 Å². The molecule has 12 heteroatoms. The summed E-state index contributed by atoms with van der Waals surface area (Å²) in [5.74, 6) is -1.36. The number of hydrogen-bond acceptors (Lipinski definition) is 9. The molecule has 3 N–H and O–H groups in total. The molecule has 11 nitrogen and oxygen atoms in total. The number of nitrogens with zero attached hydrogens (tertiary/aromatic N) is 3. The second kappa shape index (κ2) is 9.57. The quantitative estimate of drug-likeness (QED) is 0.452. The van der Waals surface area contributed by atoms with Gasteiger partial charge in [0.25, 0.3) is 5.91 Å². The number of primary amides is 1. The minimum atomic E-state index is -0.771. The SMILES string of the molecule is COC(=O)c1cc(Nc2nn([C@@H]3COCC[C@H]3C#N)cc2C(N)=O)ccc1B1OC(C)(C)C(C)(C)O1. The molecule has 2 aromatic rings. The van der Waals surface area contributed by atoms with Crippen molar-refractivity contribution in [2.24, 2.45) is 11.7 Å². The van der Waals surface area contributed by atoms with E-state index < -0.39 is 30.2 Å². The summed E-state index contributed by atoms with van der Waals surface area (Å²) in [6.45, 7) is 8.50. The van der Waals surface area contributed by atoms with Crippen LogP contribution in [0.15, 0.2) is 24.4 Å². The number of carbonyl (C=O) groups is 2. The number of methoxy groups -OCH3 is 1. The van der Waals surface area contributed by atoms with E-state index in [4.69, 9.17) is 24.5 Å². The van der Waals surface area contributed by atoms with Crippen LogP contribution in [-0.2, 0) is 18.8 Å². The van der Waals surface area contributed by atoms with E-state index >= 15 is 0 Å². The zero-order valence-corrected chi connectivity index (χ0v) is 21.0. The molecule has 2 aliphatic rings. The molecule has 0 bridgehead atoms. The number of nitriles is 1. The molecule has 2 fully saturated rings. The molecule has 0 radical (unpaired) electrons. The molecule has 1 amide bonds. The highest BCUT2D eigenvalue weighted by Gasteiger charge is 2.52. The van der Waals surface area contributed by atoms with Gasteiger partial charge in [0.2, 0.25) is 0 Å². The Labute approximate surface area is 210 Å². The Kier molecular flexibility index (Phi) is 6.83. The number of hydrogen-bond donors (Lipinski definition) is 2. The van der Waals surface area contributed by atoms with Crippen LogP contribution < -0.4 is 16.5 Å². The van der Waals surface area contributed by atoms with Crippen molar-refractivity contribution in [1.29, 1.82) is 5.26 Å². The molecule has 0 spiro atoms. The van der Waals surface area contributed by atoms with Gasteiger partial charge in [0.05, 0.1) is 48.5 Å². The van der Waals surface area contributed by atoms with Crippen molar-refractivity contribution in [2.45, 2.75) is 51.4 Å². The average Bonchev–Trinajstić information content (AvgIpc) is 3.35. The van der Waals surface area contributed by atoms with Crippen LogP contribution in [0, 0.1) is 17.2 Å². The highest BCUT2D eigenvalue weighted by molar-refractivity contribution is 6.63. The second-order valence-electron chi connectivity index (χ2n) is 9.91. The molecule has 2 saturated heterocycles. The zero-order chi connectivity index (χ0) is 26.3. The number of nitrogens with two attached hydrogens (primary N) is 1. The van der Waals surface area contributed by atoms with Gasteiger partial charge in [0, 0.05) is 18.5 Å². The van der Waals surface area contributed by atoms with E-state index in [2.05, 4.69) is 16.5 Å². The van der Waals surface area contributed by atoms with Gasteiger partial charge in [-0.1, -0.05) is 6.07 Å². The number of carbonyl (C=O) groups excluding carboxylic acids is 2. The fraction of sp³-hybridized carbons (Fsp3) is 0.500. The zero-order valence-electron chi connectivity index (χ0n) is 21.0. The summed E-state index contributed by atoms with van der Waals surface area (Å²) >= 11 is 0. The monoisotopic (exact) mass is 495 g/mol. The first kappa shape index (κ1) is 25.7. The number of anilines is 2. The Morgan fingerprint density at radius 3 is 2.56 bits per heavy atom. The summed E-state index contributed by atoms with van der Waals surface area (Å²) in [4.78, 5) is 24.8. The Morgan fingerprint density at radius 1 is 1.25 bits per heavy atom. The third-order valence-corrected chi connectivity index (χ3v) is 7.06.